The van der Waals surface area contributed by atoms with E-state index in [4.69, 9.17) is 4.74 Å². The molecule has 0 saturated carbocycles. The van der Waals surface area contributed by atoms with Crippen LogP contribution in [0.25, 0.3) is 0 Å². The summed E-state index contributed by atoms with van der Waals surface area (Å²) in [6.07, 6.45) is 0. The van der Waals surface area contributed by atoms with Crippen molar-refractivity contribution in [2.75, 3.05) is 40.1 Å². The van der Waals surface area contributed by atoms with E-state index in [0.717, 1.165) is 17.4 Å². The summed E-state index contributed by atoms with van der Waals surface area (Å²) in [4.78, 5) is 12.7. The van der Waals surface area contributed by atoms with Crippen molar-refractivity contribution >= 4 is 21.4 Å². The number of rotatable bonds is 9. The van der Waals surface area contributed by atoms with Crippen LogP contribution in [0.1, 0.15) is 11.6 Å². The van der Waals surface area contributed by atoms with Gasteiger partial charge in [-0.1, -0.05) is 12.1 Å². The Labute approximate surface area is 164 Å². The number of sulfonamides is 1. The van der Waals surface area contributed by atoms with E-state index >= 15 is 0 Å². The summed E-state index contributed by atoms with van der Waals surface area (Å²) in [5.41, 5.74) is 0.958. The van der Waals surface area contributed by atoms with Crippen molar-refractivity contribution in [1.29, 1.82) is 0 Å². The minimum atomic E-state index is -3.77. The minimum Gasteiger partial charge on any atom is -0.497 e. The van der Waals surface area contributed by atoms with Gasteiger partial charge in [-0.2, -0.15) is 0 Å². The van der Waals surface area contributed by atoms with E-state index in [0.29, 0.717) is 6.54 Å². The molecule has 0 aliphatic heterocycles. The molecule has 0 radical (unpaired) electrons. The molecule has 0 aromatic heterocycles. The van der Waals surface area contributed by atoms with E-state index in [9.17, 15) is 18.5 Å². The molecule has 0 fully saturated rings. The number of hydrogen-bond donors (Lipinski definition) is 2. The molecule has 0 bridgehead atoms. The highest BCUT2D eigenvalue weighted by Crippen LogP contribution is 2.29. The van der Waals surface area contributed by atoms with Crippen LogP contribution < -0.4 is 14.8 Å². The summed E-state index contributed by atoms with van der Waals surface area (Å²) in [7, 11) is 2.90. The number of anilines is 1. The molecular formula is C18H24N4O5S. The summed E-state index contributed by atoms with van der Waals surface area (Å²) < 4.78 is 31.1. The highest BCUT2D eigenvalue weighted by atomic mass is 32.2. The maximum atomic E-state index is 11.9. The van der Waals surface area contributed by atoms with Crippen molar-refractivity contribution in [3.05, 3.63) is 58.1 Å². The molecule has 0 heterocycles. The molecule has 1 atom stereocenters. The third kappa shape index (κ3) is 4.97. The third-order valence-electron chi connectivity index (χ3n) is 4.35. The second kappa shape index (κ2) is 9.00. The topological polar surface area (TPSA) is 114 Å². The highest BCUT2D eigenvalue weighted by molar-refractivity contribution is 7.89. The maximum absolute atomic E-state index is 11.9. The van der Waals surface area contributed by atoms with Gasteiger partial charge in [-0.25, -0.2) is 13.1 Å². The smallest absolute Gasteiger partial charge is 0.293 e. The van der Waals surface area contributed by atoms with Crippen LogP contribution in [0.2, 0.25) is 0 Å². The normalized spacial score (nSPS) is 12.6. The monoisotopic (exact) mass is 408 g/mol. The molecule has 1 unspecified atom stereocenters. The zero-order valence-electron chi connectivity index (χ0n) is 16.2. The van der Waals surface area contributed by atoms with Crippen LogP contribution in [-0.4, -0.2) is 53.0 Å². The molecule has 10 heteroatoms. The molecule has 9 nitrogen and oxygen atoms in total. The molecule has 0 aliphatic rings. The zero-order chi connectivity index (χ0) is 20.9. The number of methoxy groups -OCH3 is 1. The van der Waals surface area contributed by atoms with Crippen molar-refractivity contribution in [2.45, 2.75) is 10.9 Å². The lowest BCUT2D eigenvalue weighted by molar-refractivity contribution is -0.384. The van der Waals surface area contributed by atoms with Crippen LogP contribution in [0, 0.1) is 10.1 Å². The molecule has 2 aromatic carbocycles. The van der Waals surface area contributed by atoms with E-state index in [-0.39, 0.29) is 22.3 Å². The van der Waals surface area contributed by atoms with Crippen LogP contribution in [0.3, 0.4) is 0 Å². The van der Waals surface area contributed by atoms with Crippen LogP contribution in [0.4, 0.5) is 11.4 Å². The number of nitrogens with zero attached hydrogens (tertiary/aromatic N) is 2. The molecule has 28 heavy (non-hydrogen) atoms. The summed E-state index contributed by atoms with van der Waals surface area (Å²) in [5.74, 6) is 0.742. The Kier molecular flexibility index (Phi) is 6.95. The number of hydrogen-bond acceptors (Lipinski definition) is 7. The average Bonchev–Trinajstić information content (AvgIpc) is 2.68. The average molecular weight is 408 g/mol. The van der Waals surface area contributed by atoms with E-state index in [2.05, 4.69) is 10.0 Å². The lowest BCUT2D eigenvalue weighted by Gasteiger charge is -2.25. The molecule has 2 aromatic rings. The van der Waals surface area contributed by atoms with Gasteiger partial charge < -0.3 is 15.0 Å². The van der Waals surface area contributed by atoms with Gasteiger partial charge in [0.05, 0.1) is 23.0 Å². The van der Waals surface area contributed by atoms with Crippen molar-refractivity contribution < 1.29 is 18.1 Å². The first-order valence-corrected chi connectivity index (χ1v) is 9.94. The van der Waals surface area contributed by atoms with Gasteiger partial charge in [-0.3, -0.25) is 10.1 Å². The van der Waals surface area contributed by atoms with Gasteiger partial charge in [-0.05, 0) is 51.0 Å². The fourth-order valence-corrected chi connectivity index (χ4v) is 3.48. The molecular weight excluding hydrogens is 384 g/mol. The maximum Gasteiger partial charge on any atom is 0.293 e. The Morgan fingerprint density at radius 3 is 2.32 bits per heavy atom. The van der Waals surface area contributed by atoms with Gasteiger partial charge >= 0.3 is 0 Å². The Hall–Kier alpha value is -2.69. The van der Waals surface area contributed by atoms with Crippen LogP contribution in [-0.2, 0) is 10.0 Å². The lowest BCUT2D eigenvalue weighted by atomic mass is 10.1. The van der Waals surface area contributed by atoms with E-state index < -0.39 is 14.9 Å². The molecule has 0 saturated heterocycles. The SMILES string of the molecule is CNS(=O)(=O)c1ccc(NCC(c2ccc(OC)cc2)N(C)C)c([N+](=O)[O-])c1. The quantitative estimate of drug-likeness (QED) is 0.483. The summed E-state index contributed by atoms with van der Waals surface area (Å²) >= 11 is 0. The lowest BCUT2D eigenvalue weighted by Crippen LogP contribution is -2.27. The molecule has 2 rings (SSSR count). The number of likely N-dealkylation sites (N-methyl/N-ethyl adjacent to an activating group) is 1. The molecule has 2 N–H and O–H groups in total. The van der Waals surface area contributed by atoms with Crippen LogP contribution in [0.15, 0.2) is 47.4 Å². The molecule has 0 spiro atoms. The fourth-order valence-electron chi connectivity index (χ4n) is 2.73. The summed E-state index contributed by atoms with van der Waals surface area (Å²) in [6, 6.07) is 11.3. The number of nitro benzene ring substituents is 1. The highest BCUT2D eigenvalue weighted by Gasteiger charge is 2.22. The van der Waals surface area contributed by atoms with Gasteiger partial charge in [0.15, 0.2) is 0 Å². The first kappa shape index (κ1) is 21.6. The first-order chi connectivity index (χ1) is 13.2. The molecule has 152 valence electrons. The van der Waals surface area contributed by atoms with E-state index in [1.54, 1.807) is 7.11 Å². The van der Waals surface area contributed by atoms with Crippen molar-refractivity contribution in [3.8, 4) is 5.75 Å². The van der Waals surface area contributed by atoms with E-state index in [1.807, 2.05) is 43.3 Å². The summed E-state index contributed by atoms with van der Waals surface area (Å²) in [5, 5.41) is 14.5. The Morgan fingerprint density at radius 1 is 1.18 bits per heavy atom. The van der Waals surface area contributed by atoms with Crippen LogP contribution >= 0.6 is 0 Å². The standard InChI is InChI=1S/C18H24N4O5S/c1-19-28(25,26)15-9-10-16(17(11-15)22(23)24)20-12-18(21(2)3)13-5-7-14(27-4)8-6-13/h5-11,18-20H,12H2,1-4H3. The largest absolute Gasteiger partial charge is 0.497 e. The van der Waals surface area contributed by atoms with Crippen molar-refractivity contribution in [2.24, 2.45) is 0 Å². The van der Waals surface area contributed by atoms with Gasteiger partial charge in [0.25, 0.3) is 5.69 Å². The zero-order valence-corrected chi connectivity index (χ0v) is 17.0. The number of ether oxygens (including phenoxy) is 1. The number of nitrogens with one attached hydrogen (secondary N) is 2. The molecule has 0 amide bonds. The Bertz CT molecular complexity index is 929. The second-order valence-corrected chi connectivity index (χ2v) is 8.16. The minimum absolute atomic E-state index is 0.0637. The van der Waals surface area contributed by atoms with Gasteiger partial charge in [0.2, 0.25) is 10.0 Å². The Morgan fingerprint density at radius 2 is 1.82 bits per heavy atom. The van der Waals surface area contributed by atoms with Crippen LogP contribution in [0.5, 0.6) is 5.75 Å². The Balaban J connectivity index is 2.28. The van der Waals surface area contributed by atoms with Gasteiger partial charge in [-0.15, -0.1) is 0 Å². The first-order valence-electron chi connectivity index (χ1n) is 8.46. The van der Waals surface area contributed by atoms with Gasteiger partial charge in [0.1, 0.15) is 11.4 Å². The second-order valence-electron chi connectivity index (χ2n) is 6.28. The van der Waals surface area contributed by atoms with Crippen molar-refractivity contribution in [1.82, 2.24) is 9.62 Å². The predicted octanol–water partition coefficient (Wildman–Crippen LogP) is 2.23. The van der Waals surface area contributed by atoms with Crippen molar-refractivity contribution in [3.63, 3.8) is 0 Å². The number of nitro groups is 1. The third-order valence-corrected chi connectivity index (χ3v) is 5.77. The predicted molar refractivity (Wildman–Crippen MR) is 107 cm³/mol. The van der Waals surface area contributed by atoms with Gasteiger partial charge in [0, 0.05) is 12.6 Å². The molecule has 0 aliphatic carbocycles. The fraction of sp³-hybridized carbons (Fsp3) is 0.333. The van der Waals surface area contributed by atoms with E-state index in [1.165, 1.54) is 19.2 Å². The number of benzene rings is 2. The summed E-state index contributed by atoms with van der Waals surface area (Å²) in [6.45, 7) is 0.387.